The van der Waals surface area contributed by atoms with Crippen molar-refractivity contribution in [2.45, 2.75) is 6.54 Å². The molecule has 0 bridgehead atoms. The van der Waals surface area contributed by atoms with Crippen LogP contribution in [0.4, 0.5) is 4.39 Å². The molecule has 1 heterocycles. The van der Waals surface area contributed by atoms with Gasteiger partial charge in [-0.1, -0.05) is 11.3 Å². The molecule has 0 aliphatic rings. The fourth-order valence-electron chi connectivity index (χ4n) is 1.11. The van der Waals surface area contributed by atoms with Crippen LogP contribution in [0.15, 0.2) is 22.7 Å². The number of hydrogen-bond acceptors (Lipinski definition) is 4. The van der Waals surface area contributed by atoms with Crippen molar-refractivity contribution in [1.82, 2.24) is 10.2 Å². The topological polar surface area (TPSA) is 51.8 Å². The normalized spacial score (nSPS) is 10.6. The molecule has 2 aromatic rings. The van der Waals surface area contributed by atoms with Crippen molar-refractivity contribution in [1.29, 1.82) is 0 Å². The first-order valence-electron chi connectivity index (χ1n) is 4.18. The Morgan fingerprint density at radius 3 is 2.80 bits per heavy atom. The van der Waals surface area contributed by atoms with E-state index in [1.165, 1.54) is 23.5 Å². The van der Waals surface area contributed by atoms with Gasteiger partial charge in [0.15, 0.2) is 0 Å². The van der Waals surface area contributed by atoms with Crippen molar-refractivity contribution in [2.24, 2.45) is 5.73 Å². The van der Waals surface area contributed by atoms with Gasteiger partial charge < -0.3 is 5.73 Å². The minimum atomic E-state index is -0.283. The zero-order chi connectivity index (χ0) is 10.8. The molecular formula is C9H7BrFN3S. The Morgan fingerprint density at radius 2 is 2.20 bits per heavy atom. The van der Waals surface area contributed by atoms with Gasteiger partial charge in [-0.15, -0.1) is 10.2 Å². The summed E-state index contributed by atoms with van der Waals surface area (Å²) in [4.78, 5) is 0. The second-order valence-corrected chi connectivity index (χ2v) is 4.75. The van der Waals surface area contributed by atoms with E-state index in [0.717, 1.165) is 15.6 Å². The molecule has 0 saturated heterocycles. The highest BCUT2D eigenvalue weighted by Crippen LogP contribution is 2.30. The predicted molar refractivity (Wildman–Crippen MR) is 60.9 cm³/mol. The molecule has 2 rings (SSSR count). The first kappa shape index (κ1) is 10.7. The molecule has 15 heavy (non-hydrogen) atoms. The van der Waals surface area contributed by atoms with Gasteiger partial charge in [-0.2, -0.15) is 0 Å². The van der Waals surface area contributed by atoms with E-state index in [0.29, 0.717) is 11.0 Å². The van der Waals surface area contributed by atoms with Gasteiger partial charge in [0.05, 0.1) is 0 Å². The largest absolute Gasteiger partial charge is 0.324 e. The minimum Gasteiger partial charge on any atom is -0.324 e. The zero-order valence-electron chi connectivity index (χ0n) is 7.58. The molecule has 1 aromatic carbocycles. The summed E-state index contributed by atoms with van der Waals surface area (Å²) in [5.74, 6) is -0.283. The molecule has 0 fully saturated rings. The van der Waals surface area contributed by atoms with E-state index in [1.54, 1.807) is 6.07 Å². The third kappa shape index (κ3) is 2.22. The van der Waals surface area contributed by atoms with Crippen LogP contribution in [0.25, 0.3) is 10.6 Å². The van der Waals surface area contributed by atoms with Gasteiger partial charge in [0, 0.05) is 16.6 Å². The lowest BCUT2D eigenvalue weighted by Gasteiger charge is -1.98. The predicted octanol–water partition coefficient (Wildman–Crippen LogP) is 2.57. The van der Waals surface area contributed by atoms with Gasteiger partial charge >= 0.3 is 0 Å². The van der Waals surface area contributed by atoms with E-state index in [1.807, 2.05) is 0 Å². The smallest absolute Gasteiger partial charge is 0.148 e. The van der Waals surface area contributed by atoms with Crippen molar-refractivity contribution in [3.63, 3.8) is 0 Å². The maximum Gasteiger partial charge on any atom is 0.148 e. The third-order valence-corrected chi connectivity index (χ3v) is 3.44. The number of hydrogen-bond donors (Lipinski definition) is 1. The maximum atomic E-state index is 12.9. The molecule has 0 unspecified atom stereocenters. The second kappa shape index (κ2) is 4.34. The average Bonchev–Trinajstić information content (AvgIpc) is 2.66. The van der Waals surface area contributed by atoms with Gasteiger partial charge in [0.1, 0.15) is 15.8 Å². The van der Waals surface area contributed by atoms with Crippen molar-refractivity contribution >= 4 is 27.3 Å². The molecule has 0 saturated carbocycles. The summed E-state index contributed by atoms with van der Waals surface area (Å²) in [5, 5.41) is 9.39. The van der Waals surface area contributed by atoms with Gasteiger partial charge in [-0.25, -0.2) is 4.39 Å². The molecule has 3 nitrogen and oxygen atoms in total. The van der Waals surface area contributed by atoms with Crippen molar-refractivity contribution in [2.75, 3.05) is 0 Å². The van der Waals surface area contributed by atoms with E-state index in [2.05, 4.69) is 26.1 Å². The number of halogens is 2. The van der Waals surface area contributed by atoms with Crippen molar-refractivity contribution in [3.05, 3.63) is 33.5 Å². The SMILES string of the molecule is NCc1nnc(-c2ccc(F)cc2Br)s1. The first-order chi connectivity index (χ1) is 7.20. The Balaban J connectivity index is 2.44. The molecule has 78 valence electrons. The summed E-state index contributed by atoms with van der Waals surface area (Å²) in [6.45, 7) is 0.372. The monoisotopic (exact) mass is 287 g/mol. The lowest BCUT2D eigenvalue weighted by atomic mass is 10.2. The Kier molecular flexibility index (Phi) is 3.08. The van der Waals surface area contributed by atoms with Crippen molar-refractivity contribution < 1.29 is 4.39 Å². The standard InChI is InChI=1S/C9H7BrFN3S/c10-7-3-5(11)1-2-6(7)9-14-13-8(4-12)15-9/h1-3H,4,12H2. The van der Waals surface area contributed by atoms with E-state index in [-0.39, 0.29) is 5.82 Å². The average molecular weight is 288 g/mol. The van der Waals surface area contributed by atoms with Gasteiger partial charge in [-0.3, -0.25) is 0 Å². The van der Waals surface area contributed by atoms with Crippen molar-refractivity contribution in [3.8, 4) is 10.6 Å². The highest BCUT2D eigenvalue weighted by Gasteiger charge is 2.09. The summed E-state index contributed by atoms with van der Waals surface area (Å²) in [5.41, 5.74) is 6.27. The van der Waals surface area contributed by atoms with Gasteiger partial charge in [-0.05, 0) is 34.1 Å². The van der Waals surface area contributed by atoms with Crippen LogP contribution in [-0.4, -0.2) is 10.2 Å². The number of nitrogens with two attached hydrogens (primary N) is 1. The molecular weight excluding hydrogens is 281 g/mol. The Hall–Kier alpha value is -0.850. The fraction of sp³-hybridized carbons (Fsp3) is 0.111. The quantitative estimate of drug-likeness (QED) is 0.924. The minimum absolute atomic E-state index is 0.283. The molecule has 0 aliphatic heterocycles. The summed E-state index contributed by atoms with van der Waals surface area (Å²) >= 11 is 4.69. The van der Waals surface area contributed by atoms with Crippen LogP contribution >= 0.6 is 27.3 Å². The summed E-state index contributed by atoms with van der Waals surface area (Å²) < 4.78 is 13.5. The van der Waals surface area contributed by atoms with E-state index < -0.39 is 0 Å². The molecule has 1 aromatic heterocycles. The number of nitrogens with zero attached hydrogens (tertiary/aromatic N) is 2. The van der Waals surface area contributed by atoms with Crippen LogP contribution in [-0.2, 0) is 6.54 Å². The Bertz CT molecular complexity index is 486. The molecule has 0 amide bonds. The van der Waals surface area contributed by atoms with E-state index in [9.17, 15) is 4.39 Å². The van der Waals surface area contributed by atoms with Crippen LogP contribution in [0.3, 0.4) is 0 Å². The van der Waals surface area contributed by atoms with Crippen LogP contribution in [0, 0.1) is 5.82 Å². The molecule has 0 atom stereocenters. The molecule has 6 heteroatoms. The van der Waals surface area contributed by atoms with Crippen LogP contribution in [0.1, 0.15) is 5.01 Å². The Morgan fingerprint density at radius 1 is 1.40 bits per heavy atom. The second-order valence-electron chi connectivity index (χ2n) is 2.83. The number of aromatic nitrogens is 2. The van der Waals surface area contributed by atoms with E-state index >= 15 is 0 Å². The molecule has 0 spiro atoms. The molecule has 0 aliphatic carbocycles. The van der Waals surface area contributed by atoms with E-state index in [4.69, 9.17) is 5.73 Å². The highest BCUT2D eigenvalue weighted by atomic mass is 79.9. The van der Waals surface area contributed by atoms with Crippen LogP contribution in [0.2, 0.25) is 0 Å². The van der Waals surface area contributed by atoms with Crippen LogP contribution < -0.4 is 5.73 Å². The van der Waals surface area contributed by atoms with Crippen LogP contribution in [0.5, 0.6) is 0 Å². The Labute approximate surface area is 98.3 Å². The lowest BCUT2D eigenvalue weighted by Crippen LogP contribution is -1.94. The highest BCUT2D eigenvalue weighted by molar-refractivity contribution is 9.10. The maximum absolute atomic E-state index is 12.9. The lowest BCUT2D eigenvalue weighted by molar-refractivity contribution is 0.627. The summed E-state index contributed by atoms with van der Waals surface area (Å²) in [6.07, 6.45) is 0. The molecule has 2 N–H and O–H groups in total. The number of rotatable bonds is 2. The summed E-state index contributed by atoms with van der Waals surface area (Å²) in [7, 11) is 0. The molecule has 0 radical (unpaired) electrons. The fourth-order valence-corrected chi connectivity index (χ4v) is 2.54. The number of benzene rings is 1. The summed E-state index contributed by atoms with van der Waals surface area (Å²) in [6, 6.07) is 4.46. The van der Waals surface area contributed by atoms with Gasteiger partial charge in [0.2, 0.25) is 0 Å². The zero-order valence-corrected chi connectivity index (χ0v) is 9.98. The van der Waals surface area contributed by atoms with Gasteiger partial charge in [0.25, 0.3) is 0 Å². The first-order valence-corrected chi connectivity index (χ1v) is 5.79. The third-order valence-electron chi connectivity index (χ3n) is 1.80.